The molecule has 6 heterocycles. The van der Waals surface area contributed by atoms with Crippen molar-refractivity contribution < 1.29 is 59.4 Å². The highest BCUT2D eigenvalue weighted by Gasteiger charge is 2.15. The molecular formula is C49H76N36O12. The first kappa shape index (κ1) is 73.5. The highest BCUT2D eigenvalue weighted by atomic mass is 16.4. The zero-order chi connectivity index (χ0) is 69.6. The number of aliphatic carboxylic acids is 6. The predicted octanol–water partition coefficient (Wildman–Crippen LogP) is -2.58. The second-order valence-electron chi connectivity index (χ2n) is 19.5. The van der Waals surface area contributed by atoms with Gasteiger partial charge in [-0.25, -0.2) is 0 Å². The minimum Gasteiger partial charge on any atom is -0.481 e. The van der Waals surface area contributed by atoms with Crippen molar-refractivity contribution in [3.63, 3.8) is 0 Å². The lowest BCUT2D eigenvalue weighted by atomic mass is 10.4. The molecule has 0 radical (unpaired) electrons. The van der Waals surface area contributed by atoms with E-state index in [2.05, 4.69) is 180 Å². The Kier molecular flexibility index (Phi) is 30.6. The molecule has 0 unspecified atom stereocenters. The SMILES string of the molecule is Cc1nc(NCCNc2nc(NCCNc3nc(NCCNc4nc(NCCNc5nc(NCCNc6nc(NCCN)nc(NCCC(=O)O)n6)nc(NCCC(=O)O)n5)nc(NCCC(=O)O)n4)nc(NCCC(=O)O)n3)nc(NCCC(=O)O)n2)nc(NCCC(=O)O)n1. The molecule has 0 atom stereocenters. The van der Waals surface area contributed by atoms with E-state index in [9.17, 15) is 49.2 Å². The number of rotatable bonds is 52. The highest BCUT2D eigenvalue weighted by Crippen LogP contribution is 2.16. The number of carboxylic acids is 6. The van der Waals surface area contributed by atoms with Gasteiger partial charge >= 0.3 is 35.8 Å². The third kappa shape index (κ3) is 30.6. The van der Waals surface area contributed by atoms with Crippen molar-refractivity contribution in [2.75, 3.05) is 208 Å². The van der Waals surface area contributed by atoms with E-state index in [0.29, 0.717) is 18.9 Å². The first-order valence-electron chi connectivity index (χ1n) is 29.9. The Balaban J connectivity index is 1.04. The third-order valence-corrected chi connectivity index (χ3v) is 11.5. The van der Waals surface area contributed by atoms with E-state index < -0.39 is 35.8 Å². The number of anilines is 17. The lowest BCUT2D eigenvalue weighted by Crippen LogP contribution is -2.22. The van der Waals surface area contributed by atoms with Crippen molar-refractivity contribution in [1.29, 1.82) is 0 Å². The quantitative estimate of drug-likeness (QED) is 0.0174. The molecule has 0 saturated heterocycles. The van der Waals surface area contributed by atoms with Crippen molar-refractivity contribution in [1.82, 2.24) is 89.7 Å². The van der Waals surface area contributed by atoms with Crippen LogP contribution in [-0.4, -0.2) is 274 Å². The second-order valence-corrected chi connectivity index (χ2v) is 19.5. The van der Waals surface area contributed by atoms with Crippen molar-refractivity contribution in [3.05, 3.63) is 5.82 Å². The molecule has 0 fully saturated rings. The smallest absolute Gasteiger partial charge is 0.305 e. The zero-order valence-corrected chi connectivity index (χ0v) is 52.2. The molecule has 524 valence electrons. The maximum absolute atomic E-state index is 11.3. The van der Waals surface area contributed by atoms with E-state index >= 15 is 0 Å². The Bertz CT molecular complexity index is 3530. The molecule has 0 aromatic carbocycles. The Morgan fingerprint density at radius 1 is 0.216 bits per heavy atom. The lowest BCUT2D eigenvalue weighted by Gasteiger charge is -2.14. The molecule has 6 rings (SSSR count). The number of aromatic nitrogens is 18. The zero-order valence-electron chi connectivity index (χ0n) is 52.2. The van der Waals surface area contributed by atoms with Gasteiger partial charge in [0.05, 0.1) is 38.5 Å². The van der Waals surface area contributed by atoms with Crippen molar-refractivity contribution in [2.45, 2.75) is 45.4 Å². The minimum atomic E-state index is -1.05. The largest absolute Gasteiger partial charge is 0.481 e. The monoisotopic (exact) mass is 1360 g/mol. The first-order chi connectivity index (χ1) is 46.8. The summed E-state index contributed by atoms with van der Waals surface area (Å²) in [5, 5.41) is 106. The summed E-state index contributed by atoms with van der Waals surface area (Å²) in [6, 6.07) is 0. The average molecular weight is 1360 g/mol. The van der Waals surface area contributed by atoms with Gasteiger partial charge in [-0.2, -0.15) is 89.7 Å². The molecule has 25 N–H and O–H groups in total. The average Bonchev–Trinajstić information content (AvgIpc) is 2.33. The van der Waals surface area contributed by atoms with Crippen LogP contribution >= 0.6 is 0 Å². The summed E-state index contributed by atoms with van der Waals surface area (Å²) in [7, 11) is 0. The summed E-state index contributed by atoms with van der Waals surface area (Å²) in [4.78, 5) is 145. The Morgan fingerprint density at radius 3 is 0.454 bits per heavy atom. The van der Waals surface area contributed by atoms with E-state index in [0.717, 1.165) is 0 Å². The number of hydrogen-bond acceptors (Lipinski definition) is 42. The van der Waals surface area contributed by atoms with Crippen molar-refractivity contribution >= 4 is 137 Å². The van der Waals surface area contributed by atoms with Gasteiger partial charge in [-0.1, -0.05) is 0 Å². The van der Waals surface area contributed by atoms with Gasteiger partial charge in [0.2, 0.25) is 101 Å². The van der Waals surface area contributed by atoms with E-state index in [1.807, 2.05) is 0 Å². The van der Waals surface area contributed by atoms with E-state index in [1.54, 1.807) is 6.92 Å². The Labute approximate surface area is 549 Å². The van der Waals surface area contributed by atoms with Crippen LogP contribution in [0.25, 0.3) is 0 Å². The number of nitrogens with zero attached hydrogens (tertiary/aromatic N) is 18. The standard InChI is InChI=1S/C49H76N36O12/c1-26-68-33(51-9-2-27(86)87)70-34(69-26)58-16-17-59-42-73-36(53-11-4-29(90)91)74-43(82-42)62-20-21-63-46-77-38(55-13-6-31(94)95)78-47(84-46)66-24-25-67-49-80-39(56-14-7-32(96)97)79-48(85-49)65-23-22-64-45-76-37(54-12-5-30(92)93)75-44(83-45)61-19-18-60-41-72-35(52-10-3-28(88)89)71-40(81-41)57-15-8-50/h2-25,50H2,1H3,(H,86,87)(H,88,89)(H,90,91)(H,92,93)(H,94,95)(H,96,97)(H2,51,58,68,69,70)(H3,52,57,60,71,72,81)(H3,53,59,62,73,74,82)(H3,54,61,64,75,76,83)(H3,55,63,66,77,78,84)(H3,56,65,67,79,80,85). The summed E-state index contributed by atoms with van der Waals surface area (Å²) >= 11 is 0. The van der Waals surface area contributed by atoms with Gasteiger partial charge in [0.25, 0.3) is 0 Å². The van der Waals surface area contributed by atoms with Crippen LogP contribution in [0.15, 0.2) is 0 Å². The van der Waals surface area contributed by atoms with Gasteiger partial charge in [-0.15, -0.1) is 0 Å². The van der Waals surface area contributed by atoms with Crippen LogP contribution in [0.4, 0.5) is 101 Å². The highest BCUT2D eigenvalue weighted by molar-refractivity contribution is 5.69. The number of aryl methyl sites for hydroxylation is 1. The molecule has 0 aliphatic rings. The fraction of sp³-hybridized carbons (Fsp3) is 0.510. The molecule has 97 heavy (non-hydrogen) atoms. The Morgan fingerprint density at radius 2 is 0.330 bits per heavy atom. The molecule has 0 bridgehead atoms. The van der Waals surface area contributed by atoms with Crippen LogP contribution in [0, 0.1) is 6.92 Å². The molecule has 6 aromatic heterocycles. The third-order valence-electron chi connectivity index (χ3n) is 11.5. The minimum absolute atomic E-state index is 0.00786. The number of nitrogens with two attached hydrogens (primary N) is 1. The van der Waals surface area contributed by atoms with Crippen LogP contribution in [0.3, 0.4) is 0 Å². The summed E-state index contributed by atoms with van der Waals surface area (Å²) < 4.78 is 0. The van der Waals surface area contributed by atoms with E-state index in [1.165, 1.54) is 0 Å². The first-order valence-corrected chi connectivity index (χ1v) is 29.9. The number of carbonyl (C=O) groups is 6. The van der Waals surface area contributed by atoms with Crippen LogP contribution < -0.4 is 96.1 Å². The molecule has 0 saturated carbocycles. The van der Waals surface area contributed by atoms with Gasteiger partial charge in [0, 0.05) is 118 Å². The van der Waals surface area contributed by atoms with Crippen molar-refractivity contribution in [3.8, 4) is 0 Å². The maximum atomic E-state index is 11.3. The Hall–Kier alpha value is -12.6. The van der Waals surface area contributed by atoms with E-state index in [-0.39, 0.29) is 244 Å². The topological polar surface area (TPSA) is 686 Å². The molecule has 0 aliphatic carbocycles. The predicted molar refractivity (Wildman–Crippen MR) is 351 cm³/mol. The van der Waals surface area contributed by atoms with Gasteiger partial charge in [-0.3, -0.25) is 28.8 Å². The van der Waals surface area contributed by atoms with Crippen LogP contribution in [0.1, 0.15) is 44.3 Å². The molecular weight excluding hydrogens is 1280 g/mol. The number of nitrogens with one attached hydrogen (secondary N) is 17. The number of hydrogen-bond donors (Lipinski definition) is 24. The fourth-order valence-electron chi connectivity index (χ4n) is 7.32. The summed E-state index contributed by atoms with van der Waals surface area (Å²) in [6.45, 7) is 4.57. The fourth-order valence-corrected chi connectivity index (χ4v) is 7.32. The lowest BCUT2D eigenvalue weighted by molar-refractivity contribution is -0.137. The van der Waals surface area contributed by atoms with Gasteiger partial charge in [-0.05, 0) is 6.92 Å². The van der Waals surface area contributed by atoms with Gasteiger partial charge in [0.1, 0.15) is 5.82 Å². The molecule has 48 heteroatoms. The van der Waals surface area contributed by atoms with Gasteiger partial charge < -0.3 is 127 Å². The van der Waals surface area contributed by atoms with Crippen LogP contribution in [0.5, 0.6) is 0 Å². The molecule has 0 aliphatic heterocycles. The molecule has 0 spiro atoms. The maximum Gasteiger partial charge on any atom is 0.305 e. The van der Waals surface area contributed by atoms with Gasteiger partial charge in [0.15, 0.2) is 0 Å². The summed E-state index contributed by atoms with van der Waals surface area (Å²) in [6.07, 6.45) is -1.21. The molecule has 0 amide bonds. The second kappa shape index (κ2) is 40.4. The van der Waals surface area contributed by atoms with Crippen LogP contribution in [0.2, 0.25) is 0 Å². The van der Waals surface area contributed by atoms with Crippen LogP contribution in [-0.2, 0) is 28.8 Å². The normalized spacial score (nSPS) is 10.6. The number of carboxylic acid groups (broad SMARTS) is 6. The molecule has 6 aromatic rings. The summed E-state index contributed by atoms with van der Waals surface area (Å²) in [5.41, 5.74) is 5.62. The van der Waals surface area contributed by atoms with Crippen molar-refractivity contribution in [2.24, 2.45) is 5.73 Å². The summed E-state index contributed by atoms with van der Waals surface area (Å²) in [5.74, 6) is -3.67. The molecule has 48 nitrogen and oxygen atoms in total. The van der Waals surface area contributed by atoms with E-state index in [4.69, 9.17) is 15.9 Å².